The van der Waals surface area contributed by atoms with Crippen LogP contribution >= 0.6 is 0 Å². The summed E-state index contributed by atoms with van der Waals surface area (Å²) in [5, 5.41) is 9.36. The van der Waals surface area contributed by atoms with Crippen LogP contribution in [-0.2, 0) is 17.8 Å². The minimum absolute atomic E-state index is 0.268. The second-order valence-electron chi connectivity index (χ2n) is 6.99. The first kappa shape index (κ1) is 20.0. The van der Waals surface area contributed by atoms with Crippen molar-refractivity contribution in [3.8, 4) is 16.9 Å². The summed E-state index contributed by atoms with van der Waals surface area (Å²) in [6, 6.07) is 17.4. The van der Waals surface area contributed by atoms with E-state index in [4.69, 9.17) is 4.74 Å². The summed E-state index contributed by atoms with van der Waals surface area (Å²) in [4.78, 5) is 8.94. The molecule has 0 saturated carbocycles. The normalized spacial score (nSPS) is 10.9. The lowest BCUT2D eigenvalue weighted by Gasteiger charge is -2.05. The zero-order valence-corrected chi connectivity index (χ0v) is 16.3. The summed E-state index contributed by atoms with van der Waals surface area (Å²) in [5.41, 5.74) is 3.22. The maximum absolute atomic E-state index is 9.36. The van der Waals surface area contributed by atoms with Gasteiger partial charge in [0, 0.05) is 31.0 Å². The van der Waals surface area contributed by atoms with E-state index in [0.29, 0.717) is 6.61 Å². The Morgan fingerprint density at radius 2 is 1.39 bits per heavy atom. The van der Waals surface area contributed by atoms with Crippen molar-refractivity contribution in [2.24, 2.45) is 0 Å². The summed E-state index contributed by atoms with van der Waals surface area (Å²) in [6.45, 7) is 1.54. The molecule has 0 aliphatic rings. The number of phenols is 1. The molecule has 4 nitrogen and oxygen atoms in total. The molecule has 0 bridgehead atoms. The molecular weight excluding hydrogens is 348 g/mol. The minimum atomic E-state index is 0.268. The largest absolute Gasteiger partial charge is 0.508 e. The highest BCUT2D eigenvalue weighted by Crippen LogP contribution is 2.20. The van der Waals surface area contributed by atoms with Crippen molar-refractivity contribution in [2.75, 3.05) is 6.61 Å². The number of aromatic hydroxyl groups is 1. The van der Waals surface area contributed by atoms with Crippen LogP contribution in [0.25, 0.3) is 11.1 Å². The highest BCUT2D eigenvalue weighted by molar-refractivity contribution is 5.62. The van der Waals surface area contributed by atoms with Crippen LogP contribution in [0.15, 0.2) is 67.0 Å². The van der Waals surface area contributed by atoms with Crippen LogP contribution in [0, 0.1) is 0 Å². The van der Waals surface area contributed by atoms with E-state index in [-0.39, 0.29) is 5.75 Å². The molecule has 0 aliphatic carbocycles. The van der Waals surface area contributed by atoms with E-state index < -0.39 is 0 Å². The van der Waals surface area contributed by atoms with Gasteiger partial charge < -0.3 is 9.84 Å². The van der Waals surface area contributed by atoms with Crippen molar-refractivity contribution >= 4 is 0 Å². The smallest absolute Gasteiger partial charge is 0.128 e. The Kier molecular flexibility index (Phi) is 8.01. The molecular formula is C24H28N2O2. The van der Waals surface area contributed by atoms with Crippen molar-refractivity contribution in [1.29, 1.82) is 0 Å². The van der Waals surface area contributed by atoms with Gasteiger partial charge in [-0.2, -0.15) is 0 Å². The Balaban J connectivity index is 1.25. The molecule has 3 aromatic rings. The summed E-state index contributed by atoms with van der Waals surface area (Å²) < 4.78 is 5.72. The predicted octanol–water partition coefficient (Wildman–Crippen LogP) is 5.56. The van der Waals surface area contributed by atoms with Crippen molar-refractivity contribution in [1.82, 2.24) is 9.97 Å². The van der Waals surface area contributed by atoms with Gasteiger partial charge in [-0.15, -0.1) is 0 Å². The molecule has 0 fully saturated rings. The molecule has 1 aromatic heterocycles. The monoisotopic (exact) mass is 376 g/mol. The lowest BCUT2D eigenvalue weighted by Crippen LogP contribution is -1.97. The van der Waals surface area contributed by atoms with Crippen LogP contribution in [0.3, 0.4) is 0 Å². The number of hydrogen-bond donors (Lipinski definition) is 1. The first-order valence-corrected chi connectivity index (χ1v) is 10.0. The van der Waals surface area contributed by atoms with Crippen molar-refractivity contribution in [3.63, 3.8) is 0 Å². The van der Waals surface area contributed by atoms with Gasteiger partial charge in [0.05, 0.1) is 6.61 Å². The van der Waals surface area contributed by atoms with Crippen LogP contribution in [0.4, 0.5) is 0 Å². The maximum Gasteiger partial charge on any atom is 0.128 e. The van der Waals surface area contributed by atoms with Crippen molar-refractivity contribution < 1.29 is 9.84 Å². The molecule has 0 saturated heterocycles. The van der Waals surface area contributed by atoms with E-state index in [2.05, 4.69) is 22.1 Å². The molecule has 2 aromatic carbocycles. The number of unbranched alkanes of at least 4 members (excludes halogenated alkanes) is 4. The first-order valence-electron chi connectivity index (χ1n) is 10.0. The molecule has 4 heteroatoms. The Morgan fingerprint density at radius 3 is 2.14 bits per heavy atom. The zero-order valence-electron chi connectivity index (χ0n) is 16.3. The predicted molar refractivity (Wildman–Crippen MR) is 112 cm³/mol. The van der Waals surface area contributed by atoms with Crippen LogP contribution in [0.2, 0.25) is 0 Å². The topological polar surface area (TPSA) is 55.2 Å². The number of aryl methyl sites for hydroxylation is 1. The number of aromatic nitrogens is 2. The van der Waals surface area contributed by atoms with Gasteiger partial charge in [0.2, 0.25) is 0 Å². The fraction of sp³-hybridized carbons (Fsp3) is 0.333. The third-order valence-electron chi connectivity index (χ3n) is 4.71. The Hall–Kier alpha value is -2.72. The van der Waals surface area contributed by atoms with Gasteiger partial charge in [-0.1, -0.05) is 61.7 Å². The molecule has 1 heterocycles. The molecule has 3 rings (SSSR count). The first-order chi connectivity index (χ1) is 13.8. The molecule has 0 radical (unpaired) electrons. The zero-order chi connectivity index (χ0) is 19.4. The summed E-state index contributed by atoms with van der Waals surface area (Å²) in [6.07, 6.45) is 10.5. The van der Waals surface area contributed by atoms with Crippen molar-refractivity contribution in [3.05, 3.63) is 78.4 Å². The van der Waals surface area contributed by atoms with Crippen molar-refractivity contribution in [2.45, 2.75) is 45.1 Å². The number of hydrogen-bond acceptors (Lipinski definition) is 4. The van der Waals surface area contributed by atoms with Gasteiger partial charge in [0.15, 0.2) is 0 Å². The molecule has 1 N–H and O–H groups in total. The molecule has 0 atom stereocenters. The van der Waals surface area contributed by atoms with Gasteiger partial charge in [0.25, 0.3) is 0 Å². The quantitative estimate of drug-likeness (QED) is 0.445. The van der Waals surface area contributed by atoms with Gasteiger partial charge in [-0.3, -0.25) is 0 Å². The van der Waals surface area contributed by atoms with E-state index in [1.807, 2.05) is 42.7 Å². The minimum Gasteiger partial charge on any atom is -0.508 e. The molecule has 0 spiro atoms. The van der Waals surface area contributed by atoms with Crippen LogP contribution < -0.4 is 0 Å². The average Bonchev–Trinajstić information content (AvgIpc) is 2.74. The average molecular weight is 376 g/mol. The number of benzene rings is 2. The fourth-order valence-electron chi connectivity index (χ4n) is 3.07. The van der Waals surface area contributed by atoms with Gasteiger partial charge in [-0.25, -0.2) is 9.97 Å². The number of ether oxygens (including phenoxy) is 1. The second kappa shape index (κ2) is 11.2. The summed E-state index contributed by atoms with van der Waals surface area (Å²) >= 11 is 0. The number of rotatable bonds is 11. The highest BCUT2D eigenvalue weighted by Gasteiger charge is 2.01. The Morgan fingerprint density at radius 1 is 0.714 bits per heavy atom. The number of phenolic OH excluding ortho intramolecular Hbond substituents is 1. The SMILES string of the molecule is Oc1ccc(-c2cnc(CCCCCCCOCc3ccccc3)nc2)cc1. The summed E-state index contributed by atoms with van der Waals surface area (Å²) in [7, 11) is 0. The van der Waals surface area contributed by atoms with E-state index in [1.165, 1.54) is 24.8 Å². The van der Waals surface area contributed by atoms with E-state index in [9.17, 15) is 5.11 Å². The third kappa shape index (κ3) is 6.78. The molecule has 0 amide bonds. The Bertz CT molecular complexity index is 802. The van der Waals surface area contributed by atoms with Gasteiger partial charge >= 0.3 is 0 Å². The lowest BCUT2D eigenvalue weighted by atomic mass is 10.1. The van der Waals surface area contributed by atoms with E-state index >= 15 is 0 Å². The maximum atomic E-state index is 9.36. The van der Waals surface area contributed by atoms with Crippen LogP contribution in [-0.4, -0.2) is 21.7 Å². The molecule has 0 aliphatic heterocycles. The fourth-order valence-corrected chi connectivity index (χ4v) is 3.07. The van der Waals surface area contributed by atoms with Crippen LogP contribution in [0.1, 0.15) is 43.5 Å². The lowest BCUT2D eigenvalue weighted by molar-refractivity contribution is 0.116. The molecule has 146 valence electrons. The second-order valence-corrected chi connectivity index (χ2v) is 6.99. The van der Waals surface area contributed by atoms with E-state index in [1.54, 1.807) is 12.1 Å². The third-order valence-corrected chi connectivity index (χ3v) is 4.71. The highest BCUT2D eigenvalue weighted by atomic mass is 16.5. The van der Waals surface area contributed by atoms with E-state index in [0.717, 1.165) is 42.8 Å². The summed E-state index contributed by atoms with van der Waals surface area (Å²) in [5.74, 6) is 1.16. The van der Waals surface area contributed by atoms with Gasteiger partial charge in [0.1, 0.15) is 11.6 Å². The molecule has 0 unspecified atom stereocenters. The van der Waals surface area contributed by atoms with Crippen LogP contribution in [0.5, 0.6) is 5.75 Å². The molecule has 28 heavy (non-hydrogen) atoms. The van der Waals surface area contributed by atoms with Gasteiger partial charge in [-0.05, 0) is 36.1 Å². The Labute approximate surface area is 167 Å². The number of nitrogens with zero attached hydrogens (tertiary/aromatic N) is 2. The standard InChI is InChI=1S/C24H28N2O2/c27-23-14-12-21(13-15-23)22-17-25-24(26-18-22)11-7-2-1-3-8-16-28-19-20-9-5-4-6-10-20/h4-6,9-10,12-15,17-18,27H,1-3,7-8,11,16,19H2.